The maximum Gasteiger partial charge on any atom is 0.340 e. The number of aromatic nitrogens is 1. The Labute approximate surface area is 176 Å². The van der Waals surface area contributed by atoms with Gasteiger partial charge in [0.15, 0.2) is 17.5 Å². The molecule has 1 heterocycles. The standard InChI is InChI=1S/C21H20N4O6/c1-3-30-16-9-14(15(10-17(16)31-4-2)24-25-19(26)20(25)27)18(21(28)29)23-13-7-5-12(11-22)6-8-13/h5-10,18,23-24H,3-4H2,1-2H3,(H,28,29). The molecule has 0 fully saturated rings. The summed E-state index contributed by atoms with van der Waals surface area (Å²) in [5.74, 6) is -0.552. The number of benzene rings is 2. The zero-order chi connectivity index (χ0) is 22.5. The third-order valence-electron chi connectivity index (χ3n) is 4.37. The van der Waals surface area contributed by atoms with E-state index >= 15 is 0 Å². The fourth-order valence-corrected chi connectivity index (χ4v) is 2.89. The number of nitrogens with zero attached hydrogens (tertiary/aromatic N) is 2. The highest BCUT2D eigenvalue weighted by Gasteiger charge is 2.27. The van der Waals surface area contributed by atoms with Gasteiger partial charge in [0.25, 0.3) is 0 Å². The van der Waals surface area contributed by atoms with Crippen molar-refractivity contribution < 1.29 is 19.4 Å². The van der Waals surface area contributed by atoms with Gasteiger partial charge < -0.3 is 19.9 Å². The van der Waals surface area contributed by atoms with Gasteiger partial charge in [-0.25, -0.2) is 4.79 Å². The molecule has 10 nitrogen and oxygen atoms in total. The van der Waals surface area contributed by atoms with Gasteiger partial charge in [-0.15, -0.1) is 0 Å². The van der Waals surface area contributed by atoms with Crippen LogP contribution in [0.15, 0.2) is 46.0 Å². The van der Waals surface area contributed by atoms with E-state index in [0.717, 1.165) is 4.68 Å². The number of carboxylic acids is 1. The molecule has 10 heteroatoms. The van der Waals surface area contributed by atoms with E-state index in [0.29, 0.717) is 36.0 Å². The van der Waals surface area contributed by atoms with Gasteiger partial charge in [0.1, 0.15) is 0 Å². The van der Waals surface area contributed by atoms with Gasteiger partial charge in [-0.05, 0) is 44.2 Å². The Morgan fingerprint density at radius 2 is 1.68 bits per heavy atom. The van der Waals surface area contributed by atoms with Crippen LogP contribution in [-0.4, -0.2) is 29.0 Å². The molecule has 0 bridgehead atoms. The molecule has 2 aromatic carbocycles. The zero-order valence-corrected chi connectivity index (χ0v) is 16.8. The van der Waals surface area contributed by atoms with Gasteiger partial charge >= 0.3 is 17.1 Å². The molecule has 0 saturated carbocycles. The summed E-state index contributed by atoms with van der Waals surface area (Å²) < 4.78 is 11.9. The predicted molar refractivity (Wildman–Crippen MR) is 112 cm³/mol. The quantitative estimate of drug-likeness (QED) is 0.416. The number of hydrogen-bond acceptors (Lipinski definition) is 8. The fraction of sp³-hybridized carbons (Fsp3) is 0.238. The topological polar surface area (TPSA) is 143 Å². The van der Waals surface area contributed by atoms with Crippen molar-refractivity contribution in [3.05, 3.63) is 68.2 Å². The van der Waals surface area contributed by atoms with Crippen molar-refractivity contribution in [3.63, 3.8) is 0 Å². The van der Waals surface area contributed by atoms with E-state index < -0.39 is 23.1 Å². The lowest BCUT2D eigenvalue weighted by molar-refractivity contribution is -0.138. The van der Waals surface area contributed by atoms with Crippen molar-refractivity contribution in [2.75, 3.05) is 24.0 Å². The Balaban J connectivity index is 2.08. The molecule has 1 atom stereocenters. The first-order valence-electron chi connectivity index (χ1n) is 9.47. The van der Waals surface area contributed by atoms with Crippen molar-refractivity contribution in [1.82, 2.24) is 4.68 Å². The van der Waals surface area contributed by atoms with E-state index in [2.05, 4.69) is 10.7 Å². The third kappa shape index (κ3) is 4.67. The number of ether oxygens (including phenoxy) is 2. The van der Waals surface area contributed by atoms with Crippen molar-refractivity contribution in [1.29, 1.82) is 5.26 Å². The highest BCUT2D eigenvalue weighted by atomic mass is 16.5. The van der Waals surface area contributed by atoms with E-state index in [1.54, 1.807) is 38.1 Å². The Kier molecular flexibility index (Phi) is 6.26. The van der Waals surface area contributed by atoms with E-state index in [-0.39, 0.29) is 11.3 Å². The third-order valence-corrected chi connectivity index (χ3v) is 4.37. The summed E-state index contributed by atoms with van der Waals surface area (Å²) >= 11 is 0. The van der Waals surface area contributed by atoms with Crippen LogP contribution in [0.5, 0.6) is 11.5 Å². The van der Waals surface area contributed by atoms with Crippen LogP contribution in [0, 0.1) is 11.3 Å². The maximum absolute atomic E-state index is 12.1. The number of nitriles is 1. The van der Waals surface area contributed by atoms with E-state index in [1.807, 2.05) is 6.07 Å². The van der Waals surface area contributed by atoms with Crippen LogP contribution in [0.1, 0.15) is 31.0 Å². The highest BCUT2D eigenvalue weighted by Crippen LogP contribution is 2.38. The van der Waals surface area contributed by atoms with Crippen LogP contribution in [0.25, 0.3) is 0 Å². The summed E-state index contributed by atoms with van der Waals surface area (Å²) in [4.78, 5) is 35.1. The molecule has 0 spiro atoms. The smallest absolute Gasteiger partial charge is 0.340 e. The number of anilines is 2. The van der Waals surface area contributed by atoms with E-state index in [1.165, 1.54) is 12.1 Å². The molecule has 3 aromatic rings. The minimum absolute atomic E-state index is 0.194. The lowest BCUT2D eigenvalue weighted by Crippen LogP contribution is -2.23. The lowest BCUT2D eigenvalue weighted by Gasteiger charge is -2.22. The molecule has 0 aliphatic heterocycles. The Morgan fingerprint density at radius 3 is 2.16 bits per heavy atom. The molecule has 0 amide bonds. The van der Waals surface area contributed by atoms with Gasteiger partial charge in [-0.2, -0.15) is 9.94 Å². The second kappa shape index (κ2) is 9.04. The van der Waals surface area contributed by atoms with E-state index in [9.17, 15) is 19.5 Å². The molecule has 160 valence electrons. The number of carboxylic acid groups (broad SMARTS) is 1. The van der Waals surface area contributed by atoms with Crippen molar-refractivity contribution in [2.24, 2.45) is 0 Å². The molecule has 1 aromatic heterocycles. The normalized spacial score (nSPS) is 11.5. The van der Waals surface area contributed by atoms with Gasteiger partial charge in [-0.1, -0.05) is 0 Å². The Bertz CT molecular complexity index is 1180. The average molecular weight is 424 g/mol. The molecule has 0 aliphatic carbocycles. The molecule has 3 rings (SSSR count). The number of carbonyl (C=O) groups is 1. The summed E-state index contributed by atoms with van der Waals surface area (Å²) in [7, 11) is 0. The first-order valence-corrected chi connectivity index (χ1v) is 9.47. The van der Waals surface area contributed by atoms with Crippen LogP contribution < -0.4 is 31.3 Å². The molecule has 3 N–H and O–H groups in total. The monoisotopic (exact) mass is 424 g/mol. The average Bonchev–Trinajstić information content (AvgIpc) is 3.32. The minimum Gasteiger partial charge on any atom is -0.490 e. The predicted octanol–water partition coefficient (Wildman–Crippen LogP) is 1.87. The summed E-state index contributed by atoms with van der Waals surface area (Å²) in [5.41, 5.74) is 2.48. The van der Waals surface area contributed by atoms with Crippen molar-refractivity contribution in [3.8, 4) is 17.6 Å². The number of aliphatic carboxylic acids is 1. The first kappa shape index (κ1) is 21.4. The van der Waals surface area contributed by atoms with Crippen molar-refractivity contribution in [2.45, 2.75) is 19.9 Å². The van der Waals surface area contributed by atoms with Gasteiger partial charge in [0.2, 0.25) is 0 Å². The summed E-state index contributed by atoms with van der Waals surface area (Å²) in [6, 6.07) is 9.97. The van der Waals surface area contributed by atoms with Crippen LogP contribution >= 0.6 is 0 Å². The van der Waals surface area contributed by atoms with Gasteiger partial charge in [-0.3, -0.25) is 15.0 Å². The SMILES string of the molecule is CCOc1cc(Nn2c(=O)c2=O)c(C(Nc2ccc(C#N)cc2)C(=O)O)cc1OCC. The highest BCUT2D eigenvalue weighted by molar-refractivity contribution is 5.83. The second-order valence-electron chi connectivity index (χ2n) is 6.41. The summed E-state index contributed by atoms with van der Waals surface area (Å²) in [6.07, 6.45) is 0. The number of nitrogens with one attached hydrogen (secondary N) is 2. The molecule has 0 radical (unpaired) electrons. The van der Waals surface area contributed by atoms with Crippen molar-refractivity contribution >= 4 is 17.3 Å². The summed E-state index contributed by atoms with van der Waals surface area (Å²) in [6.45, 7) is 4.20. The molecule has 31 heavy (non-hydrogen) atoms. The van der Waals surface area contributed by atoms with Crippen LogP contribution in [-0.2, 0) is 4.79 Å². The summed E-state index contributed by atoms with van der Waals surface area (Å²) in [5, 5.41) is 21.7. The number of hydrogen-bond donors (Lipinski definition) is 3. The molecule has 0 saturated heterocycles. The lowest BCUT2D eigenvalue weighted by atomic mass is 10.0. The minimum atomic E-state index is -1.27. The van der Waals surface area contributed by atoms with Crippen LogP contribution in [0.3, 0.4) is 0 Å². The second-order valence-corrected chi connectivity index (χ2v) is 6.41. The largest absolute Gasteiger partial charge is 0.490 e. The zero-order valence-electron chi connectivity index (χ0n) is 16.8. The van der Waals surface area contributed by atoms with Crippen LogP contribution in [0.4, 0.5) is 11.4 Å². The number of rotatable bonds is 10. The first-order chi connectivity index (χ1) is 14.9. The molecule has 1 unspecified atom stereocenters. The molecular formula is C21H20N4O6. The molecule has 0 aliphatic rings. The van der Waals surface area contributed by atoms with E-state index in [4.69, 9.17) is 14.7 Å². The Morgan fingerprint density at radius 1 is 1.10 bits per heavy atom. The maximum atomic E-state index is 12.1. The Hall–Kier alpha value is -4.26. The van der Waals surface area contributed by atoms with Gasteiger partial charge in [0, 0.05) is 17.3 Å². The van der Waals surface area contributed by atoms with Gasteiger partial charge in [0.05, 0.1) is 30.5 Å². The fourth-order valence-electron chi connectivity index (χ4n) is 2.89. The molecular weight excluding hydrogens is 404 g/mol. The van der Waals surface area contributed by atoms with Crippen LogP contribution in [0.2, 0.25) is 0 Å².